The molecule has 0 fully saturated rings. The van der Waals surface area contributed by atoms with Crippen LogP contribution in [0.25, 0.3) is 10.8 Å². The van der Waals surface area contributed by atoms with Gasteiger partial charge in [-0.05, 0) is 34.0 Å². The number of rotatable bonds is 6. The lowest BCUT2D eigenvalue weighted by atomic mass is 10.1. The summed E-state index contributed by atoms with van der Waals surface area (Å²) < 4.78 is 15.9. The second-order valence-electron chi connectivity index (χ2n) is 5.66. The molecule has 0 aromatic heterocycles. The van der Waals surface area contributed by atoms with E-state index in [0.717, 1.165) is 11.1 Å². The molecule has 0 atom stereocenters. The topological polar surface area (TPSA) is 44.8 Å². The monoisotopic (exact) mass is 336 g/mol. The van der Waals surface area contributed by atoms with Crippen LogP contribution in [0.15, 0.2) is 60.7 Å². The van der Waals surface area contributed by atoms with Gasteiger partial charge in [0, 0.05) is 0 Å². The zero-order valence-corrected chi connectivity index (χ0v) is 14.3. The molecule has 0 aliphatic heterocycles. The third-order valence-electron chi connectivity index (χ3n) is 4.06. The fourth-order valence-electron chi connectivity index (χ4n) is 2.81. The molecule has 25 heavy (non-hydrogen) atoms. The quantitative estimate of drug-likeness (QED) is 0.628. The first-order chi connectivity index (χ1) is 12.2. The molecule has 3 rings (SSSR count). The van der Waals surface area contributed by atoms with E-state index in [2.05, 4.69) is 30.3 Å². The Morgan fingerprint density at radius 3 is 2.44 bits per heavy atom. The van der Waals surface area contributed by atoms with Crippen LogP contribution in [0.3, 0.4) is 0 Å². The summed E-state index contributed by atoms with van der Waals surface area (Å²) in [7, 11) is 2.88. The second kappa shape index (κ2) is 7.81. The molecule has 0 saturated carbocycles. The summed E-state index contributed by atoms with van der Waals surface area (Å²) in [5.41, 5.74) is 2.24. The van der Waals surface area contributed by atoms with E-state index in [-0.39, 0.29) is 0 Å². The summed E-state index contributed by atoms with van der Waals surface area (Å²) in [5, 5.41) is 2.38. The Bertz CT molecular complexity index is 886. The van der Waals surface area contributed by atoms with Gasteiger partial charge in [-0.2, -0.15) is 0 Å². The van der Waals surface area contributed by atoms with Crippen molar-refractivity contribution in [2.45, 2.75) is 13.2 Å². The van der Waals surface area contributed by atoms with Crippen LogP contribution in [-0.2, 0) is 22.7 Å². The average Bonchev–Trinajstić information content (AvgIpc) is 2.67. The molecule has 0 bridgehead atoms. The SMILES string of the molecule is COC(=O)c1c(COCc2ccc3ccccc3c2)cccc1OC. The number of hydrogen-bond donors (Lipinski definition) is 0. The van der Waals surface area contributed by atoms with E-state index in [9.17, 15) is 4.79 Å². The molecule has 0 amide bonds. The lowest BCUT2D eigenvalue weighted by Gasteiger charge is -2.12. The van der Waals surface area contributed by atoms with Gasteiger partial charge < -0.3 is 14.2 Å². The average molecular weight is 336 g/mol. The molecule has 4 nitrogen and oxygen atoms in total. The number of fused-ring (bicyclic) bond motifs is 1. The van der Waals surface area contributed by atoms with Gasteiger partial charge in [0.2, 0.25) is 0 Å². The van der Waals surface area contributed by atoms with Crippen LogP contribution in [0, 0.1) is 0 Å². The first kappa shape index (κ1) is 17.0. The molecule has 0 aliphatic rings. The number of hydrogen-bond acceptors (Lipinski definition) is 4. The minimum atomic E-state index is -0.429. The Balaban J connectivity index is 1.73. The fraction of sp³-hybridized carbons (Fsp3) is 0.190. The van der Waals surface area contributed by atoms with Crippen LogP contribution in [0.4, 0.5) is 0 Å². The standard InChI is InChI=1S/C21H20O4/c1-23-19-9-5-8-18(20(19)21(22)24-2)14-25-13-15-10-11-16-6-3-4-7-17(16)12-15/h3-12H,13-14H2,1-2H3. The van der Waals surface area contributed by atoms with Crippen molar-refractivity contribution in [3.8, 4) is 5.75 Å². The number of carbonyl (C=O) groups is 1. The Morgan fingerprint density at radius 2 is 1.68 bits per heavy atom. The highest BCUT2D eigenvalue weighted by Crippen LogP contribution is 2.24. The van der Waals surface area contributed by atoms with Gasteiger partial charge in [0.25, 0.3) is 0 Å². The predicted octanol–water partition coefficient (Wildman–Crippen LogP) is 4.35. The second-order valence-corrected chi connectivity index (χ2v) is 5.66. The number of esters is 1. The van der Waals surface area contributed by atoms with Gasteiger partial charge in [-0.25, -0.2) is 4.79 Å². The van der Waals surface area contributed by atoms with Gasteiger partial charge in [0.05, 0.1) is 27.4 Å². The molecule has 0 saturated heterocycles. The molecule has 0 unspecified atom stereocenters. The van der Waals surface area contributed by atoms with Crippen molar-refractivity contribution in [1.29, 1.82) is 0 Å². The summed E-state index contributed by atoms with van der Waals surface area (Å²) in [6, 6.07) is 19.9. The number of benzene rings is 3. The minimum Gasteiger partial charge on any atom is -0.496 e. The Hall–Kier alpha value is -2.85. The number of methoxy groups -OCH3 is 2. The minimum absolute atomic E-state index is 0.300. The van der Waals surface area contributed by atoms with Crippen LogP contribution in [-0.4, -0.2) is 20.2 Å². The van der Waals surface area contributed by atoms with Crippen molar-refractivity contribution in [2.75, 3.05) is 14.2 Å². The molecule has 3 aromatic rings. The summed E-state index contributed by atoms with van der Waals surface area (Å²) in [4.78, 5) is 12.0. The van der Waals surface area contributed by atoms with Crippen molar-refractivity contribution < 1.29 is 19.0 Å². The van der Waals surface area contributed by atoms with Crippen LogP contribution < -0.4 is 4.74 Å². The molecule has 128 valence electrons. The normalized spacial score (nSPS) is 10.6. The maximum atomic E-state index is 12.0. The summed E-state index contributed by atoms with van der Waals surface area (Å²) in [6.07, 6.45) is 0. The van der Waals surface area contributed by atoms with Crippen LogP contribution in [0.2, 0.25) is 0 Å². The third kappa shape index (κ3) is 3.80. The van der Waals surface area contributed by atoms with E-state index in [4.69, 9.17) is 14.2 Å². The highest BCUT2D eigenvalue weighted by molar-refractivity contribution is 5.94. The molecule has 0 radical (unpaired) electrons. The lowest BCUT2D eigenvalue weighted by molar-refractivity contribution is 0.0586. The van der Waals surface area contributed by atoms with E-state index in [1.807, 2.05) is 24.3 Å². The van der Waals surface area contributed by atoms with Gasteiger partial charge in [-0.1, -0.05) is 48.5 Å². The van der Waals surface area contributed by atoms with Gasteiger partial charge in [-0.15, -0.1) is 0 Å². The van der Waals surface area contributed by atoms with Crippen LogP contribution in [0.1, 0.15) is 21.5 Å². The number of carbonyl (C=O) groups excluding carboxylic acids is 1. The zero-order valence-electron chi connectivity index (χ0n) is 14.3. The summed E-state index contributed by atoms with van der Waals surface area (Å²) >= 11 is 0. The van der Waals surface area contributed by atoms with E-state index < -0.39 is 5.97 Å². The summed E-state index contributed by atoms with van der Waals surface area (Å²) in [6.45, 7) is 0.761. The highest BCUT2D eigenvalue weighted by Gasteiger charge is 2.17. The zero-order chi connectivity index (χ0) is 17.6. The number of ether oxygens (including phenoxy) is 3. The smallest absolute Gasteiger partial charge is 0.342 e. The van der Waals surface area contributed by atoms with E-state index in [1.54, 1.807) is 6.07 Å². The highest BCUT2D eigenvalue weighted by atomic mass is 16.5. The van der Waals surface area contributed by atoms with Crippen molar-refractivity contribution in [2.24, 2.45) is 0 Å². The van der Waals surface area contributed by atoms with Crippen molar-refractivity contribution in [3.05, 3.63) is 77.4 Å². The van der Waals surface area contributed by atoms with Crippen molar-refractivity contribution in [3.63, 3.8) is 0 Å². The molecule has 3 aromatic carbocycles. The Kier molecular flexibility index (Phi) is 5.31. The van der Waals surface area contributed by atoms with Gasteiger partial charge >= 0.3 is 5.97 Å². The first-order valence-corrected chi connectivity index (χ1v) is 8.02. The Labute approximate surface area is 146 Å². The fourth-order valence-corrected chi connectivity index (χ4v) is 2.81. The van der Waals surface area contributed by atoms with Gasteiger partial charge in [0.1, 0.15) is 11.3 Å². The molecule has 0 N–H and O–H groups in total. The predicted molar refractivity (Wildman–Crippen MR) is 96.8 cm³/mol. The van der Waals surface area contributed by atoms with Crippen molar-refractivity contribution in [1.82, 2.24) is 0 Å². The maximum absolute atomic E-state index is 12.0. The van der Waals surface area contributed by atoms with Gasteiger partial charge in [-0.3, -0.25) is 0 Å². The molecular weight excluding hydrogens is 316 g/mol. The largest absolute Gasteiger partial charge is 0.496 e. The molecular formula is C21H20O4. The maximum Gasteiger partial charge on any atom is 0.342 e. The molecule has 4 heteroatoms. The van der Waals surface area contributed by atoms with E-state index in [1.165, 1.54) is 25.0 Å². The van der Waals surface area contributed by atoms with Gasteiger partial charge in [0.15, 0.2) is 0 Å². The first-order valence-electron chi connectivity index (χ1n) is 8.02. The Morgan fingerprint density at radius 1 is 0.880 bits per heavy atom. The molecule has 0 spiro atoms. The third-order valence-corrected chi connectivity index (χ3v) is 4.06. The van der Waals surface area contributed by atoms with Crippen LogP contribution in [0.5, 0.6) is 5.75 Å². The van der Waals surface area contributed by atoms with Crippen LogP contribution >= 0.6 is 0 Å². The molecule has 0 heterocycles. The van der Waals surface area contributed by atoms with E-state index in [0.29, 0.717) is 24.5 Å². The summed E-state index contributed by atoms with van der Waals surface area (Å²) in [5.74, 6) is 0.0559. The lowest BCUT2D eigenvalue weighted by Crippen LogP contribution is -2.09. The van der Waals surface area contributed by atoms with Crippen molar-refractivity contribution >= 4 is 16.7 Å². The molecule has 0 aliphatic carbocycles. The van der Waals surface area contributed by atoms with E-state index >= 15 is 0 Å².